The number of hydrogen-bond acceptors (Lipinski definition) is 5. The van der Waals surface area contributed by atoms with Crippen LogP contribution in [0.2, 0.25) is 0 Å². The van der Waals surface area contributed by atoms with E-state index in [0.717, 1.165) is 5.56 Å². The van der Waals surface area contributed by atoms with E-state index in [1.54, 1.807) is 36.0 Å². The van der Waals surface area contributed by atoms with E-state index in [-0.39, 0.29) is 5.91 Å². The number of amides is 1. The average molecular weight is 350 g/mol. The number of nitrogens with zero attached hydrogens (tertiary/aromatic N) is 3. The first-order chi connectivity index (χ1) is 12.5. The Kier molecular flexibility index (Phi) is 4.79. The van der Waals surface area contributed by atoms with Crippen LogP contribution in [0.5, 0.6) is 0 Å². The van der Waals surface area contributed by atoms with Crippen molar-refractivity contribution in [1.29, 1.82) is 0 Å². The van der Waals surface area contributed by atoms with Gasteiger partial charge in [0.1, 0.15) is 0 Å². The summed E-state index contributed by atoms with van der Waals surface area (Å²) in [6.07, 6.45) is 3.14. The highest BCUT2D eigenvalue weighted by Gasteiger charge is 2.19. The van der Waals surface area contributed by atoms with Crippen LogP contribution in [-0.4, -0.2) is 33.8 Å². The van der Waals surface area contributed by atoms with E-state index in [1.165, 1.54) is 13.3 Å². The number of benzene rings is 1. The zero-order chi connectivity index (χ0) is 18.7. The third-order valence-electron chi connectivity index (χ3n) is 3.95. The SMILES string of the molecule is COC(=O)c1cc(C)ccc1NC(=O)c1cnn(-c2ccccn2)c1C. The van der Waals surface area contributed by atoms with Crippen LogP contribution in [-0.2, 0) is 4.74 Å². The van der Waals surface area contributed by atoms with Crippen LogP contribution < -0.4 is 5.32 Å². The van der Waals surface area contributed by atoms with Crippen molar-refractivity contribution in [2.24, 2.45) is 0 Å². The Morgan fingerprint density at radius 1 is 1.12 bits per heavy atom. The zero-order valence-corrected chi connectivity index (χ0v) is 14.7. The van der Waals surface area contributed by atoms with E-state index in [0.29, 0.717) is 28.3 Å². The number of esters is 1. The van der Waals surface area contributed by atoms with Crippen LogP contribution >= 0.6 is 0 Å². The van der Waals surface area contributed by atoms with E-state index in [9.17, 15) is 9.59 Å². The molecule has 0 unspecified atom stereocenters. The van der Waals surface area contributed by atoms with Gasteiger partial charge < -0.3 is 10.1 Å². The second kappa shape index (κ2) is 7.18. The smallest absolute Gasteiger partial charge is 0.339 e. The summed E-state index contributed by atoms with van der Waals surface area (Å²) in [7, 11) is 1.30. The lowest BCUT2D eigenvalue weighted by Crippen LogP contribution is -2.16. The average Bonchev–Trinajstić information content (AvgIpc) is 3.04. The van der Waals surface area contributed by atoms with Crippen LogP contribution in [0.1, 0.15) is 32.0 Å². The van der Waals surface area contributed by atoms with Gasteiger partial charge in [-0.05, 0) is 38.1 Å². The molecule has 0 atom stereocenters. The maximum absolute atomic E-state index is 12.7. The fourth-order valence-electron chi connectivity index (χ4n) is 2.58. The molecule has 0 bridgehead atoms. The van der Waals surface area contributed by atoms with Crippen molar-refractivity contribution in [2.45, 2.75) is 13.8 Å². The number of carbonyl (C=O) groups excluding carboxylic acids is 2. The number of nitrogens with one attached hydrogen (secondary N) is 1. The van der Waals surface area contributed by atoms with Crippen molar-refractivity contribution in [1.82, 2.24) is 14.8 Å². The third kappa shape index (κ3) is 3.32. The van der Waals surface area contributed by atoms with Crippen molar-refractivity contribution in [3.05, 3.63) is 71.2 Å². The topological polar surface area (TPSA) is 86.1 Å². The van der Waals surface area contributed by atoms with Gasteiger partial charge in [0.15, 0.2) is 5.82 Å². The summed E-state index contributed by atoms with van der Waals surface area (Å²) in [5, 5.41) is 7.00. The summed E-state index contributed by atoms with van der Waals surface area (Å²) in [6.45, 7) is 3.64. The van der Waals surface area contributed by atoms with Gasteiger partial charge in [-0.15, -0.1) is 0 Å². The normalized spacial score (nSPS) is 10.4. The lowest BCUT2D eigenvalue weighted by atomic mass is 10.1. The number of aromatic nitrogens is 3. The predicted octanol–water partition coefficient (Wildman–Crippen LogP) is 2.92. The second-order valence-corrected chi connectivity index (χ2v) is 5.74. The molecule has 3 rings (SSSR count). The minimum atomic E-state index is -0.509. The molecular formula is C19H18N4O3. The molecule has 132 valence electrons. The molecule has 2 aromatic heterocycles. The van der Waals surface area contributed by atoms with Crippen molar-refractivity contribution >= 4 is 17.6 Å². The molecule has 0 fully saturated rings. The molecule has 1 amide bonds. The number of rotatable bonds is 4. The summed E-state index contributed by atoms with van der Waals surface area (Å²) in [4.78, 5) is 28.9. The van der Waals surface area contributed by atoms with Crippen molar-refractivity contribution in [3.63, 3.8) is 0 Å². The monoisotopic (exact) mass is 350 g/mol. The highest BCUT2D eigenvalue weighted by Crippen LogP contribution is 2.20. The quantitative estimate of drug-likeness (QED) is 0.731. The molecule has 1 aromatic carbocycles. The maximum atomic E-state index is 12.7. The van der Waals surface area contributed by atoms with E-state index in [4.69, 9.17) is 4.74 Å². The van der Waals surface area contributed by atoms with Crippen molar-refractivity contribution < 1.29 is 14.3 Å². The Bertz CT molecular complexity index is 964. The fourth-order valence-corrected chi connectivity index (χ4v) is 2.58. The van der Waals surface area contributed by atoms with Gasteiger partial charge in [-0.25, -0.2) is 14.5 Å². The molecule has 0 saturated heterocycles. The van der Waals surface area contributed by atoms with Crippen molar-refractivity contribution in [3.8, 4) is 5.82 Å². The maximum Gasteiger partial charge on any atom is 0.339 e. The van der Waals surface area contributed by atoms with Crippen LogP contribution in [0.4, 0.5) is 5.69 Å². The fraction of sp³-hybridized carbons (Fsp3) is 0.158. The van der Waals surface area contributed by atoms with Gasteiger partial charge in [-0.1, -0.05) is 17.7 Å². The van der Waals surface area contributed by atoms with Gasteiger partial charge in [0, 0.05) is 6.20 Å². The zero-order valence-electron chi connectivity index (χ0n) is 14.7. The Balaban J connectivity index is 1.91. The summed E-state index contributed by atoms with van der Waals surface area (Å²) in [5.41, 5.74) is 2.62. The molecule has 0 spiro atoms. The first-order valence-corrected chi connectivity index (χ1v) is 7.97. The molecule has 0 aliphatic heterocycles. The largest absolute Gasteiger partial charge is 0.465 e. The van der Waals surface area contributed by atoms with Gasteiger partial charge >= 0.3 is 5.97 Å². The van der Waals surface area contributed by atoms with Gasteiger partial charge in [-0.2, -0.15) is 5.10 Å². The van der Waals surface area contributed by atoms with E-state index < -0.39 is 5.97 Å². The standard InChI is InChI=1S/C19H18N4O3/c1-12-7-8-16(14(10-12)19(25)26-3)22-18(24)15-11-21-23(13(15)2)17-6-4-5-9-20-17/h4-11H,1-3H3,(H,22,24). The van der Waals surface area contributed by atoms with Crippen molar-refractivity contribution in [2.75, 3.05) is 12.4 Å². The minimum Gasteiger partial charge on any atom is -0.465 e. The Morgan fingerprint density at radius 3 is 2.62 bits per heavy atom. The number of methoxy groups -OCH3 is 1. The number of aryl methyl sites for hydroxylation is 1. The first-order valence-electron chi connectivity index (χ1n) is 7.97. The lowest BCUT2D eigenvalue weighted by Gasteiger charge is -2.10. The number of carbonyl (C=O) groups is 2. The predicted molar refractivity (Wildman–Crippen MR) is 96.6 cm³/mol. The molecule has 26 heavy (non-hydrogen) atoms. The summed E-state index contributed by atoms with van der Waals surface area (Å²) < 4.78 is 6.38. The second-order valence-electron chi connectivity index (χ2n) is 5.74. The minimum absolute atomic E-state index is 0.302. The molecule has 1 N–H and O–H groups in total. The highest BCUT2D eigenvalue weighted by atomic mass is 16.5. The summed E-state index contributed by atoms with van der Waals surface area (Å²) in [5.74, 6) is -0.252. The molecule has 2 heterocycles. The van der Waals surface area contributed by atoms with Crippen LogP contribution in [0.15, 0.2) is 48.8 Å². The number of hydrogen-bond donors (Lipinski definition) is 1. The van der Waals surface area contributed by atoms with Crippen LogP contribution in [0, 0.1) is 13.8 Å². The molecular weight excluding hydrogens is 332 g/mol. The summed E-state index contributed by atoms with van der Waals surface area (Å²) >= 11 is 0. The highest BCUT2D eigenvalue weighted by molar-refractivity contribution is 6.08. The number of ether oxygens (including phenoxy) is 1. The van der Waals surface area contributed by atoms with Gasteiger partial charge in [-0.3, -0.25) is 4.79 Å². The molecule has 0 saturated carbocycles. The Morgan fingerprint density at radius 2 is 1.92 bits per heavy atom. The molecule has 7 heteroatoms. The molecule has 0 aliphatic rings. The Hall–Kier alpha value is -3.48. The van der Waals surface area contributed by atoms with Crippen LogP contribution in [0.3, 0.4) is 0 Å². The van der Waals surface area contributed by atoms with Gasteiger partial charge in [0.2, 0.25) is 0 Å². The Labute approximate surface area is 150 Å². The molecule has 3 aromatic rings. The summed E-state index contributed by atoms with van der Waals surface area (Å²) in [6, 6.07) is 10.6. The lowest BCUT2D eigenvalue weighted by molar-refractivity contribution is 0.0602. The first kappa shape index (κ1) is 17.3. The number of pyridine rings is 1. The van der Waals surface area contributed by atoms with Gasteiger partial charge in [0.05, 0.1) is 35.8 Å². The number of anilines is 1. The van der Waals surface area contributed by atoms with E-state index >= 15 is 0 Å². The molecule has 0 radical (unpaired) electrons. The van der Waals surface area contributed by atoms with E-state index in [1.807, 2.05) is 25.1 Å². The molecule has 0 aliphatic carbocycles. The third-order valence-corrected chi connectivity index (χ3v) is 3.95. The van der Waals surface area contributed by atoms with Gasteiger partial charge in [0.25, 0.3) is 5.91 Å². The van der Waals surface area contributed by atoms with E-state index in [2.05, 4.69) is 15.4 Å². The van der Waals surface area contributed by atoms with Crippen LogP contribution in [0.25, 0.3) is 5.82 Å². The molecule has 7 nitrogen and oxygen atoms in total.